The second-order valence-electron chi connectivity index (χ2n) is 5.71. The predicted octanol–water partition coefficient (Wildman–Crippen LogP) is 3.26. The van der Waals surface area contributed by atoms with Crippen LogP contribution >= 0.6 is 0 Å². The molecule has 4 nitrogen and oxygen atoms in total. The van der Waals surface area contributed by atoms with Gasteiger partial charge in [-0.1, -0.05) is 32.0 Å². The van der Waals surface area contributed by atoms with E-state index in [4.69, 9.17) is 4.42 Å². The van der Waals surface area contributed by atoms with Crippen LogP contribution in [0.2, 0.25) is 0 Å². The summed E-state index contributed by atoms with van der Waals surface area (Å²) in [6.07, 6.45) is 2.79. The molecule has 1 aliphatic heterocycles. The maximum absolute atomic E-state index is 5.68. The monoisotopic (exact) mass is 271 g/mol. The molecule has 1 aliphatic rings. The number of oxazole rings is 1. The zero-order valence-electron chi connectivity index (χ0n) is 12.3. The van der Waals surface area contributed by atoms with Crippen LogP contribution in [-0.2, 0) is 13.0 Å². The van der Waals surface area contributed by atoms with Crippen LogP contribution < -0.4 is 10.2 Å². The maximum Gasteiger partial charge on any atom is 0.302 e. The van der Waals surface area contributed by atoms with Crippen molar-refractivity contribution in [3.05, 3.63) is 41.8 Å². The first kappa shape index (κ1) is 13.2. The molecule has 20 heavy (non-hydrogen) atoms. The molecule has 0 bridgehead atoms. The van der Waals surface area contributed by atoms with Crippen molar-refractivity contribution in [2.45, 2.75) is 45.8 Å². The zero-order valence-corrected chi connectivity index (χ0v) is 12.3. The molecule has 106 valence electrons. The summed E-state index contributed by atoms with van der Waals surface area (Å²) < 4.78 is 5.68. The summed E-state index contributed by atoms with van der Waals surface area (Å²) in [5, 5.41) is 3.36. The third kappa shape index (κ3) is 2.43. The SMILES string of the molecule is CC(C)NCc1coc(N2c3ccccc3CC2C)n1. The summed E-state index contributed by atoms with van der Waals surface area (Å²) >= 11 is 0. The fourth-order valence-electron chi connectivity index (χ4n) is 2.65. The predicted molar refractivity (Wildman–Crippen MR) is 80.2 cm³/mol. The molecule has 2 aromatic rings. The summed E-state index contributed by atoms with van der Waals surface area (Å²) in [5.41, 5.74) is 3.52. The molecular weight excluding hydrogens is 250 g/mol. The van der Waals surface area contributed by atoms with Gasteiger partial charge in [-0.2, -0.15) is 4.98 Å². The van der Waals surface area contributed by atoms with Crippen molar-refractivity contribution in [1.29, 1.82) is 0 Å². The largest absolute Gasteiger partial charge is 0.431 e. The highest BCUT2D eigenvalue weighted by Crippen LogP contribution is 2.37. The highest BCUT2D eigenvalue weighted by atomic mass is 16.4. The van der Waals surface area contributed by atoms with Crippen LogP contribution in [0.5, 0.6) is 0 Å². The number of fused-ring (bicyclic) bond motifs is 1. The average molecular weight is 271 g/mol. The minimum Gasteiger partial charge on any atom is -0.431 e. The number of nitrogens with one attached hydrogen (secondary N) is 1. The summed E-state index contributed by atoms with van der Waals surface area (Å²) in [4.78, 5) is 6.80. The summed E-state index contributed by atoms with van der Waals surface area (Å²) in [6, 6.07) is 9.99. The molecule has 0 saturated heterocycles. The molecule has 0 aliphatic carbocycles. The molecule has 1 aromatic carbocycles. The van der Waals surface area contributed by atoms with Crippen molar-refractivity contribution in [3.8, 4) is 0 Å². The van der Waals surface area contributed by atoms with Crippen molar-refractivity contribution >= 4 is 11.7 Å². The molecule has 0 saturated carbocycles. The minimum absolute atomic E-state index is 0.386. The number of aromatic nitrogens is 1. The number of benzene rings is 1. The number of hydrogen-bond acceptors (Lipinski definition) is 4. The molecule has 1 N–H and O–H groups in total. The Morgan fingerprint density at radius 1 is 1.40 bits per heavy atom. The van der Waals surface area contributed by atoms with Gasteiger partial charge in [-0.05, 0) is 25.0 Å². The normalized spacial score (nSPS) is 17.8. The van der Waals surface area contributed by atoms with Gasteiger partial charge >= 0.3 is 6.01 Å². The van der Waals surface area contributed by atoms with Gasteiger partial charge in [0.05, 0.1) is 5.69 Å². The van der Waals surface area contributed by atoms with Gasteiger partial charge in [0.2, 0.25) is 0 Å². The highest BCUT2D eigenvalue weighted by molar-refractivity contribution is 5.66. The fourth-order valence-corrected chi connectivity index (χ4v) is 2.65. The van der Waals surface area contributed by atoms with Gasteiger partial charge in [0, 0.05) is 24.3 Å². The van der Waals surface area contributed by atoms with E-state index >= 15 is 0 Å². The van der Waals surface area contributed by atoms with Gasteiger partial charge in [0.1, 0.15) is 6.26 Å². The van der Waals surface area contributed by atoms with Gasteiger partial charge in [0.25, 0.3) is 0 Å². The van der Waals surface area contributed by atoms with Crippen molar-refractivity contribution in [1.82, 2.24) is 10.3 Å². The second-order valence-corrected chi connectivity index (χ2v) is 5.71. The molecule has 0 amide bonds. The number of nitrogens with zero attached hydrogens (tertiary/aromatic N) is 2. The van der Waals surface area contributed by atoms with Gasteiger partial charge in [-0.3, -0.25) is 4.90 Å². The molecular formula is C16H21N3O. The minimum atomic E-state index is 0.386. The lowest BCUT2D eigenvalue weighted by Crippen LogP contribution is -2.24. The number of anilines is 2. The van der Waals surface area contributed by atoms with E-state index in [0.29, 0.717) is 18.1 Å². The third-order valence-electron chi connectivity index (χ3n) is 3.64. The first-order valence-electron chi connectivity index (χ1n) is 7.20. The molecule has 2 heterocycles. The summed E-state index contributed by atoms with van der Waals surface area (Å²) in [5.74, 6) is 0. The molecule has 1 unspecified atom stereocenters. The topological polar surface area (TPSA) is 41.3 Å². The Bertz CT molecular complexity index is 591. The lowest BCUT2D eigenvalue weighted by molar-refractivity contribution is 0.535. The Balaban J connectivity index is 1.83. The van der Waals surface area contributed by atoms with E-state index < -0.39 is 0 Å². The van der Waals surface area contributed by atoms with Gasteiger partial charge < -0.3 is 9.73 Å². The molecule has 1 aromatic heterocycles. The number of hydrogen-bond donors (Lipinski definition) is 1. The van der Waals surface area contributed by atoms with Gasteiger partial charge in [0.15, 0.2) is 0 Å². The smallest absolute Gasteiger partial charge is 0.302 e. The molecule has 4 heteroatoms. The number of para-hydroxylation sites is 1. The van der Waals surface area contributed by atoms with E-state index in [2.05, 4.69) is 60.2 Å². The Morgan fingerprint density at radius 2 is 2.20 bits per heavy atom. The van der Waals surface area contributed by atoms with Crippen molar-refractivity contribution in [2.75, 3.05) is 4.90 Å². The Kier molecular flexibility index (Phi) is 3.49. The van der Waals surface area contributed by atoms with Crippen LogP contribution in [0.3, 0.4) is 0 Å². The zero-order chi connectivity index (χ0) is 14.1. The van der Waals surface area contributed by atoms with E-state index in [-0.39, 0.29) is 0 Å². The van der Waals surface area contributed by atoms with Crippen molar-refractivity contribution in [3.63, 3.8) is 0 Å². The van der Waals surface area contributed by atoms with Crippen LogP contribution in [0.1, 0.15) is 32.0 Å². The number of rotatable bonds is 4. The molecule has 3 rings (SSSR count). The van der Waals surface area contributed by atoms with E-state index in [1.807, 2.05) is 0 Å². The van der Waals surface area contributed by atoms with Crippen LogP contribution in [0.25, 0.3) is 0 Å². The standard InChI is InChI=1S/C16H21N3O/c1-11(2)17-9-14-10-20-16(18-14)19-12(3)8-13-6-4-5-7-15(13)19/h4-7,10-12,17H,8-9H2,1-3H3. The molecule has 0 spiro atoms. The van der Waals surface area contributed by atoms with Crippen LogP contribution in [-0.4, -0.2) is 17.1 Å². The molecule has 0 fully saturated rings. The maximum atomic E-state index is 5.68. The summed E-state index contributed by atoms with van der Waals surface area (Å²) in [7, 11) is 0. The quantitative estimate of drug-likeness (QED) is 0.926. The summed E-state index contributed by atoms with van der Waals surface area (Å²) in [6.45, 7) is 7.20. The molecule has 0 radical (unpaired) electrons. The lowest BCUT2D eigenvalue weighted by Gasteiger charge is -2.20. The van der Waals surface area contributed by atoms with E-state index in [1.165, 1.54) is 11.3 Å². The van der Waals surface area contributed by atoms with Crippen LogP contribution in [0, 0.1) is 0 Å². The first-order valence-corrected chi connectivity index (χ1v) is 7.20. The van der Waals surface area contributed by atoms with Crippen molar-refractivity contribution in [2.24, 2.45) is 0 Å². The van der Waals surface area contributed by atoms with Crippen LogP contribution in [0.4, 0.5) is 11.7 Å². The van der Waals surface area contributed by atoms with E-state index in [0.717, 1.165) is 18.7 Å². The Labute approximate surface area is 119 Å². The fraction of sp³-hybridized carbons (Fsp3) is 0.438. The first-order chi connectivity index (χ1) is 9.65. The third-order valence-corrected chi connectivity index (χ3v) is 3.64. The molecule has 1 atom stereocenters. The Hall–Kier alpha value is -1.81. The highest BCUT2D eigenvalue weighted by Gasteiger charge is 2.29. The van der Waals surface area contributed by atoms with Gasteiger partial charge in [-0.25, -0.2) is 0 Å². The van der Waals surface area contributed by atoms with E-state index in [1.54, 1.807) is 6.26 Å². The van der Waals surface area contributed by atoms with Crippen molar-refractivity contribution < 1.29 is 4.42 Å². The lowest BCUT2D eigenvalue weighted by atomic mass is 10.1. The van der Waals surface area contributed by atoms with E-state index in [9.17, 15) is 0 Å². The van der Waals surface area contributed by atoms with Gasteiger partial charge in [-0.15, -0.1) is 0 Å². The van der Waals surface area contributed by atoms with Crippen LogP contribution in [0.15, 0.2) is 34.9 Å². The second kappa shape index (κ2) is 5.29. The Morgan fingerprint density at radius 3 is 3.00 bits per heavy atom. The average Bonchev–Trinajstić information content (AvgIpc) is 2.99.